The van der Waals surface area contributed by atoms with Crippen LogP contribution in [0.4, 0.5) is 5.82 Å². The maximum atomic E-state index is 11.3. The maximum Gasteiger partial charge on any atom is 0.239 e. The lowest BCUT2D eigenvalue weighted by atomic mass is 10.2. The molecular formula is C13H14N6OS. The van der Waals surface area contributed by atoms with Crippen molar-refractivity contribution in [1.29, 1.82) is 0 Å². The Morgan fingerprint density at radius 1 is 1.43 bits per heavy atom. The van der Waals surface area contributed by atoms with E-state index in [4.69, 9.17) is 5.73 Å². The quantitative estimate of drug-likeness (QED) is 0.744. The van der Waals surface area contributed by atoms with Crippen molar-refractivity contribution in [3.05, 3.63) is 29.6 Å². The molecule has 3 aromatic rings. The van der Waals surface area contributed by atoms with Crippen molar-refractivity contribution in [2.24, 2.45) is 5.73 Å². The van der Waals surface area contributed by atoms with Gasteiger partial charge in [0.05, 0.1) is 4.88 Å². The van der Waals surface area contributed by atoms with Gasteiger partial charge in [0.15, 0.2) is 11.5 Å². The first-order valence-electron chi connectivity index (χ1n) is 6.51. The summed E-state index contributed by atoms with van der Waals surface area (Å²) in [5.41, 5.74) is 5.98. The van der Waals surface area contributed by atoms with Crippen LogP contribution in [-0.4, -0.2) is 31.8 Å². The fourth-order valence-electron chi connectivity index (χ4n) is 1.98. The van der Waals surface area contributed by atoms with Crippen LogP contribution in [0.2, 0.25) is 0 Å². The van der Waals surface area contributed by atoms with Gasteiger partial charge < -0.3 is 11.1 Å². The molecule has 0 fully saturated rings. The molecule has 7 nitrogen and oxygen atoms in total. The van der Waals surface area contributed by atoms with Gasteiger partial charge in [-0.05, 0) is 30.0 Å². The summed E-state index contributed by atoms with van der Waals surface area (Å²) in [4.78, 5) is 12.3. The van der Waals surface area contributed by atoms with Crippen LogP contribution in [0.3, 0.4) is 0 Å². The van der Waals surface area contributed by atoms with Crippen LogP contribution in [0, 0.1) is 0 Å². The summed E-state index contributed by atoms with van der Waals surface area (Å²) >= 11 is 1.57. The molecule has 0 spiro atoms. The Kier molecular flexibility index (Phi) is 3.53. The smallest absolute Gasteiger partial charge is 0.239 e. The van der Waals surface area contributed by atoms with Gasteiger partial charge >= 0.3 is 0 Å². The molecule has 0 aliphatic carbocycles. The molecular weight excluding hydrogens is 288 g/mol. The summed E-state index contributed by atoms with van der Waals surface area (Å²) in [6.07, 6.45) is 0.592. The van der Waals surface area contributed by atoms with Crippen LogP contribution in [0.5, 0.6) is 0 Å². The summed E-state index contributed by atoms with van der Waals surface area (Å²) in [5.74, 6) is 0.836. The molecule has 0 radical (unpaired) electrons. The molecule has 3 rings (SSSR count). The number of nitrogens with two attached hydrogens (primary N) is 1. The Balaban J connectivity index is 1.99. The molecule has 0 unspecified atom stereocenters. The molecule has 108 valence electrons. The predicted octanol–water partition coefficient (Wildman–Crippen LogP) is 1.53. The standard InChI is InChI=1S/C13H14N6OS/c1-2-8(12(14)20)15-10-5-6-11-16-17-13(19(11)18-10)9-4-3-7-21-9/h3-8H,2H2,1H3,(H2,14,20)(H,15,18)/t8-/m1/s1. The number of nitrogens with zero attached hydrogens (tertiary/aromatic N) is 4. The molecule has 3 heterocycles. The second-order valence-corrected chi connectivity index (χ2v) is 5.44. The Bertz CT molecular complexity index is 766. The number of anilines is 1. The molecule has 1 amide bonds. The predicted molar refractivity (Wildman–Crippen MR) is 81.0 cm³/mol. The average molecular weight is 302 g/mol. The third-order valence-electron chi connectivity index (χ3n) is 3.08. The Labute approximate surface area is 124 Å². The highest BCUT2D eigenvalue weighted by Crippen LogP contribution is 2.23. The molecule has 8 heteroatoms. The van der Waals surface area contributed by atoms with Crippen molar-refractivity contribution >= 4 is 28.7 Å². The van der Waals surface area contributed by atoms with Crippen molar-refractivity contribution in [3.8, 4) is 10.7 Å². The zero-order valence-corrected chi connectivity index (χ0v) is 12.2. The largest absolute Gasteiger partial charge is 0.368 e. The van der Waals surface area contributed by atoms with E-state index in [-0.39, 0.29) is 0 Å². The molecule has 21 heavy (non-hydrogen) atoms. The first kappa shape index (κ1) is 13.5. The first-order chi connectivity index (χ1) is 10.2. The number of amides is 1. The van der Waals surface area contributed by atoms with Crippen LogP contribution in [0.1, 0.15) is 13.3 Å². The Morgan fingerprint density at radius 2 is 2.29 bits per heavy atom. The van der Waals surface area contributed by atoms with Crippen LogP contribution >= 0.6 is 11.3 Å². The van der Waals surface area contributed by atoms with Gasteiger partial charge in [-0.25, -0.2) is 0 Å². The van der Waals surface area contributed by atoms with Gasteiger partial charge in [-0.15, -0.1) is 26.6 Å². The summed E-state index contributed by atoms with van der Waals surface area (Å²) in [5, 5.41) is 17.7. The van der Waals surface area contributed by atoms with Crippen molar-refractivity contribution in [1.82, 2.24) is 19.8 Å². The molecule has 0 aliphatic heterocycles. The van der Waals surface area contributed by atoms with Gasteiger partial charge in [0, 0.05) is 0 Å². The highest BCUT2D eigenvalue weighted by atomic mass is 32.1. The normalized spacial score (nSPS) is 12.4. The lowest BCUT2D eigenvalue weighted by molar-refractivity contribution is -0.118. The Hall–Kier alpha value is -2.48. The second-order valence-electron chi connectivity index (χ2n) is 4.50. The summed E-state index contributed by atoms with van der Waals surface area (Å²) in [7, 11) is 0. The topological polar surface area (TPSA) is 98.2 Å². The molecule has 0 aromatic carbocycles. The number of hydrogen-bond donors (Lipinski definition) is 2. The highest BCUT2D eigenvalue weighted by molar-refractivity contribution is 7.13. The van der Waals surface area contributed by atoms with E-state index in [1.165, 1.54) is 0 Å². The summed E-state index contributed by atoms with van der Waals surface area (Å²) < 4.78 is 1.65. The number of rotatable bonds is 5. The average Bonchev–Trinajstić information content (AvgIpc) is 3.12. The molecule has 3 N–H and O–H groups in total. The fourth-order valence-corrected chi connectivity index (χ4v) is 2.67. The Morgan fingerprint density at radius 3 is 2.95 bits per heavy atom. The summed E-state index contributed by atoms with van der Waals surface area (Å²) in [6, 6.07) is 7.02. The van der Waals surface area contributed by atoms with Gasteiger partial charge in [-0.2, -0.15) is 4.52 Å². The third kappa shape index (κ3) is 2.57. The van der Waals surface area contributed by atoms with E-state index >= 15 is 0 Å². The fraction of sp³-hybridized carbons (Fsp3) is 0.231. The van der Waals surface area contributed by atoms with Crippen molar-refractivity contribution in [3.63, 3.8) is 0 Å². The zero-order valence-electron chi connectivity index (χ0n) is 11.4. The van der Waals surface area contributed by atoms with E-state index in [2.05, 4.69) is 20.6 Å². The molecule has 3 aromatic heterocycles. The minimum Gasteiger partial charge on any atom is -0.368 e. The number of nitrogens with one attached hydrogen (secondary N) is 1. The number of hydrogen-bond acceptors (Lipinski definition) is 6. The molecule has 0 bridgehead atoms. The molecule has 0 saturated carbocycles. The van der Waals surface area contributed by atoms with Crippen molar-refractivity contribution in [2.45, 2.75) is 19.4 Å². The lowest BCUT2D eigenvalue weighted by Crippen LogP contribution is -2.35. The van der Waals surface area contributed by atoms with E-state index in [1.807, 2.05) is 24.4 Å². The van der Waals surface area contributed by atoms with Gasteiger partial charge in [-0.3, -0.25) is 4.79 Å². The second kappa shape index (κ2) is 5.49. The third-order valence-corrected chi connectivity index (χ3v) is 3.94. The SMILES string of the molecule is CC[C@@H](Nc1ccc2nnc(-c3cccs3)n2n1)C(N)=O. The van der Waals surface area contributed by atoms with Crippen LogP contribution in [0.15, 0.2) is 29.6 Å². The zero-order chi connectivity index (χ0) is 14.8. The van der Waals surface area contributed by atoms with Gasteiger partial charge in [0.25, 0.3) is 0 Å². The minimum absolute atomic E-state index is 0.401. The van der Waals surface area contributed by atoms with Gasteiger partial charge in [0.1, 0.15) is 11.9 Å². The van der Waals surface area contributed by atoms with E-state index in [0.717, 1.165) is 4.88 Å². The highest BCUT2D eigenvalue weighted by Gasteiger charge is 2.15. The van der Waals surface area contributed by atoms with Gasteiger partial charge in [-0.1, -0.05) is 13.0 Å². The molecule has 1 atom stereocenters. The van der Waals surface area contributed by atoms with E-state index in [0.29, 0.717) is 23.7 Å². The van der Waals surface area contributed by atoms with Crippen LogP contribution < -0.4 is 11.1 Å². The number of primary amides is 1. The number of fused-ring (bicyclic) bond motifs is 1. The molecule has 0 saturated heterocycles. The molecule has 0 aliphatic rings. The van der Waals surface area contributed by atoms with Crippen LogP contribution in [0.25, 0.3) is 16.3 Å². The summed E-state index contributed by atoms with van der Waals surface area (Å²) in [6.45, 7) is 1.89. The van der Waals surface area contributed by atoms with E-state index < -0.39 is 11.9 Å². The van der Waals surface area contributed by atoms with E-state index in [1.54, 1.807) is 28.0 Å². The number of thiophene rings is 1. The number of carbonyl (C=O) groups is 1. The maximum absolute atomic E-state index is 11.3. The minimum atomic E-state index is -0.448. The monoisotopic (exact) mass is 302 g/mol. The number of carbonyl (C=O) groups excluding carboxylic acids is 1. The number of aromatic nitrogens is 4. The first-order valence-corrected chi connectivity index (χ1v) is 7.39. The van der Waals surface area contributed by atoms with E-state index in [9.17, 15) is 4.79 Å². The van der Waals surface area contributed by atoms with Crippen LogP contribution in [-0.2, 0) is 4.79 Å². The lowest BCUT2D eigenvalue weighted by Gasteiger charge is -2.13. The van der Waals surface area contributed by atoms with Crippen molar-refractivity contribution in [2.75, 3.05) is 5.32 Å². The van der Waals surface area contributed by atoms with Crippen molar-refractivity contribution < 1.29 is 4.79 Å². The van der Waals surface area contributed by atoms with Gasteiger partial charge in [0.2, 0.25) is 5.91 Å².